The van der Waals surface area contributed by atoms with E-state index in [4.69, 9.17) is 14.2 Å². The molecule has 0 aromatic heterocycles. The Kier molecular flexibility index (Phi) is 14.2. The van der Waals surface area contributed by atoms with E-state index in [1.165, 1.54) is 6.08 Å². The SMILES string of the molecule is C=CCOC(=O)[C@@]1(NC(=O)[C@@H]2C[C@@H](OCc3cccc4ccccc34)CN2C(=O)C(NC(=O)C(NC(=O)OC(C)(C)C)C2CCCCC2)C2CCCCC2)C[C@@H]1CC. The number of alkyl carbamates (subject to hydrolysis) is 1. The topological polar surface area (TPSA) is 152 Å². The number of amides is 4. The zero-order valence-corrected chi connectivity index (χ0v) is 34.9. The fourth-order valence-corrected chi connectivity index (χ4v) is 9.45. The molecule has 6 rings (SSSR count). The first-order valence-electron chi connectivity index (χ1n) is 21.6. The Hall–Kier alpha value is -4.45. The van der Waals surface area contributed by atoms with Gasteiger partial charge in [-0.05, 0) is 87.0 Å². The van der Waals surface area contributed by atoms with Gasteiger partial charge in [0.25, 0.3) is 0 Å². The predicted molar refractivity (Wildman–Crippen MR) is 221 cm³/mol. The number of esters is 1. The Morgan fingerprint density at radius 2 is 1.55 bits per heavy atom. The number of benzene rings is 2. The lowest BCUT2D eigenvalue weighted by Gasteiger charge is -2.37. The van der Waals surface area contributed by atoms with Gasteiger partial charge >= 0.3 is 12.1 Å². The first-order valence-corrected chi connectivity index (χ1v) is 21.6. The molecule has 1 heterocycles. The van der Waals surface area contributed by atoms with Crippen molar-refractivity contribution in [1.82, 2.24) is 20.9 Å². The van der Waals surface area contributed by atoms with Crippen molar-refractivity contribution in [3.63, 3.8) is 0 Å². The number of carbonyl (C=O) groups is 5. The van der Waals surface area contributed by atoms with Crippen LogP contribution in [0.5, 0.6) is 0 Å². The van der Waals surface area contributed by atoms with Gasteiger partial charge in [-0.15, -0.1) is 0 Å². The van der Waals surface area contributed by atoms with Crippen LogP contribution in [-0.2, 0) is 40.0 Å². The molecule has 0 spiro atoms. The second kappa shape index (κ2) is 19.1. The van der Waals surface area contributed by atoms with Gasteiger partial charge in [-0.2, -0.15) is 0 Å². The first kappa shape index (κ1) is 43.1. The molecule has 12 nitrogen and oxygen atoms in total. The van der Waals surface area contributed by atoms with Gasteiger partial charge in [-0.25, -0.2) is 9.59 Å². The van der Waals surface area contributed by atoms with Crippen LogP contribution in [0, 0.1) is 17.8 Å². The summed E-state index contributed by atoms with van der Waals surface area (Å²) in [5.74, 6) is -2.10. The molecule has 3 aliphatic carbocycles. The average Bonchev–Trinajstić information content (AvgIpc) is 3.77. The highest BCUT2D eigenvalue weighted by molar-refractivity contribution is 5.97. The Balaban J connectivity index is 1.27. The van der Waals surface area contributed by atoms with E-state index in [0.717, 1.165) is 80.5 Å². The van der Waals surface area contributed by atoms with Gasteiger partial charge in [0, 0.05) is 13.0 Å². The molecule has 0 radical (unpaired) electrons. The third-order valence-electron chi connectivity index (χ3n) is 12.6. The number of nitrogens with zero attached hydrogens (tertiary/aromatic N) is 1. The highest BCUT2D eigenvalue weighted by Gasteiger charge is 2.62. The van der Waals surface area contributed by atoms with Crippen molar-refractivity contribution in [3.8, 4) is 0 Å². The second-order valence-electron chi connectivity index (χ2n) is 17.9. The molecule has 0 bridgehead atoms. The van der Waals surface area contributed by atoms with Crippen LogP contribution in [0.25, 0.3) is 10.8 Å². The first-order chi connectivity index (χ1) is 27.8. The standard InChI is InChI=1S/C46H64N4O8/c1-6-25-56-43(54)46(27-34(46)7-2)49-40(51)37-26-35(57-29-33-23-16-22-30-17-14-15-24-36(30)33)28-50(37)42(53)39(32-20-12-9-13-21-32)47-41(52)38(31-18-10-8-11-19-31)48-44(55)58-45(3,4)5/h6,14-17,22-24,31-32,34-35,37-39H,1,7-13,18-21,25-29H2,2-5H3,(H,47,52)(H,48,55)(H,49,51)/t34-,35+,37-,38?,39?,46+/m0/s1. The summed E-state index contributed by atoms with van der Waals surface area (Å²) in [4.78, 5) is 72.1. The van der Waals surface area contributed by atoms with Crippen molar-refractivity contribution in [2.24, 2.45) is 17.8 Å². The summed E-state index contributed by atoms with van der Waals surface area (Å²) in [6, 6.07) is 11.4. The molecule has 4 fully saturated rings. The van der Waals surface area contributed by atoms with Crippen molar-refractivity contribution in [3.05, 3.63) is 60.7 Å². The molecular formula is C46H64N4O8. The molecule has 2 unspecified atom stereocenters. The van der Waals surface area contributed by atoms with E-state index < -0.39 is 59.2 Å². The van der Waals surface area contributed by atoms with Crippen LogP contribution in [0.2, 0.25) is 0 Å². The molecule has 3 N–H and O–H groups in total. The van der Waals surface area contributed by atoms with Crippen LogP contribution in [0.4, 0.5) is 4.79 Å². The predicted octanol–water partition coefficient (Wildman–Crippen LogP) is 6.88. The summed E-state index contributed by atoms with van der Waals surface area (Å²) in [6.45, 7) is 11.4. The van der Waals surface area contributed by atoms with Crippen LogP contribution in [-0.4, -0.2) is 83.2 Å². The summed E-state index contributed by atoms with van der Waals surface area (Å²) in [5.41, 5.74) is -0.938. The molecule has 3 saturated carbocycles. The Morgan fingerprint density at radius 3 is 2.19 bits per heavy atom. The van der Waals surface area contributed by atoms with E-state index in [2.05, 4.69) is 28.6 Å². The van der Waals surface area contributed by atoms with Crippen LogP contribution < -0.4 is 16.0 Å². The van der Waals surface area contributed by atoms with Crippen LogP contribution in [0.15, 0.2) is 55.1 Å². The lowest BCUT2D eigenvalue weighted by atomic mass is 9.81. The molecule has 4 aliphatic rings. The van der Waals surface area contributed by atoms with Crippen molar-refractivity contribution >= 4 is 40.6 Å². The van der Waals surface area contributed by atoms with E-state index in [0.29, 0.717) is 12.8 Å². The van der Waals surface area contributed by atoms with E-state index in [9.17, 15) is 19.2 Å². The molecule has 1 aliphatic heterocycles. The maximum Gasteiger partial charge on any atom is 0.408 e. The van der Waals surface area contributed by atoms with Crippen molar-refractivity contribution < 1.29 is 38.2 Å². The highest BCUT2D eigenvalue weighted by Crippen LogP contribution is 2.47. The number of hydrogen-bond donors (Lipinski definition) is 3. The monoisotopic (exact) mass is 800 g/mol. The van der Waals surface area contributed by atoms with E-state index >= 15 is 4.79 Å². The quantitative estimate of drug-likeness (QED) is 0.130. The maximum atomic E-state index is 15.1. The summed E-state index contributed by atoms with van der Waals surface area (Å²) < 4.78 is 17.6. The molecule has 4 amide bonds. The summed E-state index contributed by atoms with van der Waals surface area (Å²) in [6.07, 6.45) is 10.5. The molecule has 58 heavy (non-hydrogen) atoms. The van der Waals surface area contributed by atoms with Gasteiger partial charge < -0.3 is 35.1 Å². The minimum Gasteiger partial charge on any atom is -0.460 e. The minimum atomic E-state index is -1.18. The number of hydrogen-bond acceptors (Lipinski definition) is 8. The fraction of sp³-hybridized carbons (Fsp3) is 0.630. The van der Waals surface area contributed by atoms with Gasteiger partial charge in [-0.1, -0.05) is 107 Å². The Bertz CT molecular complexity index is 1790. The zero-order valence-electron chi connectivity index (χ0n) is 34.9. The molecule has 2 aromatic rings. The molecule has 12 heteroatoms. The molecular weight excluding hydrogens is 737 g/mol. The summed E-state index contributed by atoms with van der Waals surface area (Å²) in [5, 5.41) is 11.2. The number of likely N-dealkylation sites (tertiary alicyclic amines) is 1. The largest absolute Gasteiger partial charge is 0.460 e. The Morgan fingerprint density at radius 1 is 0.897 bits per heavy atom. The third kappa shape index (κ3) is 10.4. The van der Waals surface area contributed by atoms with Crippen molar-refractivity contribution in [2.45, 2.75) is 153 Å². The molecule has 6 atom stereocenters. The third-order valence-corrected chi connectivity index (χ3v) is 12.6. The minimum absolute atomic E-state index is 0.0262. The molecule has 316 valence electrons. The fourth-order valence-electron chi connectivity index (χ4n) is 9.45. The maximum absolute atomic E-state index is 15.1. The Labute approximate surface area is 343 Å². The lowest BCUT2D eigenvalue weighted by Crippen LogP contribution is -2.61. The average molecular weight is 801 g/mol. The van der Waals surface area contributed by atoms with Crippen LogP contribution in [0.1, 0.15) is 117 Å². The van der Waals surface area contributed by atoms with Crippen LogP contribution >= 0.6 is 0 Å². The van der Waals surface area contributed by atoms with Crippen molar-refractivity contribution in [2.75, 3.05) is 13.2 Å². The highest BCUT2D eigenvalue weighted by atomic mass is 16.6. The lowest BCUT2D eigenvalue weighted by molar-refractivity contribution is -0.150. The summed E-state index contributed by atoms with van der Waals surface area (Å²) >= 11 is 0. The zero-order chi connectivity index (χ0) is 41.5. The van der Waals surface area contributed by atoms with E-state index in [1.54, 1.807) is 25.7 Å². The molecule has 1 saturated heterocycles. The van der Waals surface area contributed by atoms with Crippen LogP contribution in [0.3, 0.4) is 0 Å². The molecule has 2 aromatic carbocycles. The van der Waals surface area contributed by atoms with Gasteiger partial charge in [0.15, 0.2) is 0 Å². The van der Waals surface area contributed by atoms with Gasteiger partial charge in [0.2, 0.25) is 17.7 Å². The van der Waals surface area contributed by atoms with Gasteiger partial charge in [0.1, 0.15) is 35.9 Å². The smallest absolute Gasteiger partial charge is 0.408 e. The van der Waals surface area contributed by atoms with Gasteiger partial charge in [-0.3, -0.25) is 14.4 Å². The number of fused-ring (bicyclic) bond motifs is 1. The van der Waals surface area contributed by atoms with Gasteiger partial charge in [0.05, 0.1) is 12.7 Å². The number of ether oxygens (including phenoxy) is 3. The van der Waals surface area contributed by atoms with E-state index in [1.807, 2.05) is 43.3 Å². The second-order valence-corrected chi connectivity index (χ2v) is 17.9. The van der Waals surface area contributed by atoms with Crippen molar-refractivity contribution in [1.29, 1.82) is 0 Å². The van der Waals surface area contributed by atoms with E-state index in [-0.39, 0.29) is 49.8 Å². The summed E-state index contributed by atoms with van der Waals surface area (Å²) in [7, 11) is 0. The number of rotatable bonds is 15. The number of carbonyl (C=O) groups excluding carboxylic acids is 5. The normalized spacial score (nSPS) is 25.0. The number of nitrogens with one attached hydrogen (secondary N) is 3.